The average molecular weight is 370 g/mol. The molecule has 144 valence electrons. The van der Waals surface area contributed by atoms with Crippen LogP contribution in [0.1, 0.15) is 36.0 Å². The van der Waals surface area contributed by atoms with Gasteiger partial charge in [0, 0.05) is 30.3 Å². The molecule has 6 nitrogen and oxygen atoms in total. The number of benzene rings is 1. The monoisotopic (exact) mass is 370 g/mol. The smallest absolute Gasteiger partial charge is 0.306 e. The number of carbonyl (C=O) groups excluding carboxylic acids is 2. The summed E-state index contributed by atoms with van der Waals surface area (Å²) in [6.45, 7) is 8.23. The highest BCUT2D eigenvalue weighted by Crippen LogP contribution is 2.20. The number of carboxylic acids is 1. The molecule has 1 fully saturated rings. The van der Waals surface area contributed by atoms with E-state index in [9.17, 15) is 14.4 Å². The van der Waals surface area contributed by atoms with Crippen molar-refractivity contribution in [2.24, 2.45) is 11.8 Å². The van der Waals surface area contributed by atoms with Gasteiger partial charge in [0.1, 0.15) is 0 Å². The summed E-state index contributed by atoms with van der Waals surface area (Å²) in [7, 11) is 0. The van der Waals surface area contributed by atoms with Crippen molar-refractivity contribution in [3.63, 3.8) is 0 Å². The summed E-state index contributed by atoms with van der Waals surface area (Å²) < 4.78 is 0. The predicted molar refractivity (Wildman–Crippen MR) is 104 cm³/mol. The van der Waals surface area contributed by atoms with Gasteiger partial charge in [0.15, 0.2) is 0 Å². The summed E-state index contributed by atoms with van der Waals surface area (Å²) in [5, 5.41) is 11.9. The predicted octanol–water partition coefficient (Wildman–Crippen LogP) is 3.33. The summed E-state index contributed by atoms with van der Waals surface area (Å²) >= 11 is 0. The molecular formula is C21H26N2O4. The van der Waals surface area contributed by atoms with Crippen LogP contribution >= 0.6 is 0 Å². The Balaban J connectivity index is 1.95. The molecule has 0 unspecified atom stereocenters. The van der Waals surface area contributed by atoms with Crippen molar-refractivity contribution in [2.45, 2.75) is 25.7 Å². The first-order valence-electron chi connectivity index (χ1n) is 9.11. The third-order valence-corrected chi connectivity index (χ3v) is 4.80. The van der Waals surface area contributed by atoms with Gasteiger partial charge in [-0.2, -0.15) is 0 Å². The number of rotatable bonds is 8. The number of nitrogens with one attached hydrogen (secondary N) is 1. The Morgan fingerprint density at radius 2 is 1.67 bits per heavy atom. The number of nitrogens with zero attached hydrogens (tertiary/aromatic N) is 1. The van der Waals surface area contributed by atoms with Gasteiger partial charge in [-0.3, -0.25) is 14.4 Å². The van der Waals surface area contributed by atoms with Crippen molar-refractivity contribution >= 4 is 23.5 Å². The van der Waals surface area contributed by atoms with Gasteiger partial charge in [-0.1, -0.05) is 12.2 Å². The second-order valence-electron chi connectivity index (χ2n) is 6.72. The first-order valence-corrected chi connectivity index (χ1v) is 9.11. The highest BCUT2D eigenvalue weighted by atomic mass is 16.4. The van der Waals surface area contributed by atoms with Gasteiger partial charge < -0.3 is 15.3 Å². The number of hydrogen-bond acceptors (Lipinski definition) is 3. The van der Waals surface area contributed by atoms with Crippen molar-refractivity contribution in [3.05, 3.63) is 55.1 Å². The van der Waals surface area contributed by atoms with Crippen LogP contribution < -0.4 is 5.32 Å². The van der Waals surface area contributed by atoms with Crippen LogP contribution in [0.3, 0.4) is 0 Å². The van der Waals surface area contributed by atoms with E-state index in [-0.39, 0.29) is 23.7 Å². The Hall–Kier alpha value is -2.89. The van der Waals surface area contributed by atoms with E-state index in [0.29, 0.717) is 50.0 Å². The molecular weight excluding hydrogens is 344 g/mol. The van der Waals surface area contributed by atoms with Crippen LogP contribution in [0.5, 0.6) is 0 Å². The van der Waals surface area contributed by atoms with Gasteiger partial charge in [0.05, 0.1) is 5.92 Å². The van der Waals surface area contributed by atoms with E-state index in [1.807, 2.05) is 0 Å². The van der Waals surface area contributed by atoms with E-state index in [4.69, 9.17) is 5.11 Å². The van der Waals surface area contributed by atoms with Crippen molar-refractivity contribution in [3.8, 4) is 0 Å². The first kappa shape index (κ1) is 20.4. The Kier molecular flexibility index (Phi) is 7.34. The molecule has 0 atom stereocenters. The van der Waals surface area contributed by atoms with Gasteiger partial charge in [0.2, 0.25) is 5.91 Å². The number of carboxylic acid groups (broad SMARTS) is 1. The quantitative estimate of drug-likeness (QED) is 0.687. The standard InChI is InChI=1S/C21H26N2O4/c1-3-5-15(6-4-2)19(24)22-18-9-7-16(8-10-18)20(25)23-13-11-17(12-14-23)21(26)27/h3-4,7-10,15,17H,1-2,5-6,11-14H2,(H,22,24)(H,26,27). The molecule has 1 aromatic carbocycles. The van der Waals surface area contributed by atoms with Gasteiger partial charge in [-0.05, 0) is 49.9 Å². The number of amides is 2. The molecule has 27 heavy (non-hydrogen) atoms. The van der Waals surface area contributed by atoms with Crippen molar-refractivity contribution in [1.82, 2.24) is 4.90 Å². The van der Waals surface area contributed by atoms with Crippen LogP contribution in [0.2, 0.25) is 0 Å². The fourth-order valence-corrected chi connectivity index (χ4v) is 3.17. The van der Waals surface area contributed by atoms with Crippen molar-refractivity contribution in [2.75, 3.05) is 18.4 Å². The molecule has 1 aliphatic rings. The van der Waals surface area contributed by atoms with Crippen molar-refractivity contribution < 1.29 is 19.5 Å². The molecule has 0 spiro atoms. The third-order valence-electron chi connectivity index (χ3n) is 4.80. The molecule has 0 aliphatic carbocycles. The zero-order chi connectivity index (χ0) is 19.8. The molecule has 1 heterocycles. The van der Waals surface area contributed by atoms with Gasteiger partial charge >= 0.3 is 5.97 Å². The molecule has 1 aromatic rings. The van der Waals surface area contributed by atoms with Crippen molar-refractivity contribution in [1.29, 1.82) is 0 Å². The molecule has 0 bridgehead atoms. The second-order valence-corrected chi connectivity index (χ2v) is 6.72. The van der Waals surface area contributed by atoms with Gasteiger partial charge in [0.25, 0.3) is 5.91 Å². The minimum Gasteiger partial charge on any atom is -0.481 e. The number of anilines is 1. The molecule has 0 saturated carbocycles. The van der Waals surface area contributed by atoms with E-state index in [2.05, 4.69) is 18.5 Å². The van der Waals surface area contributed by atoms with E-state index in [0.717, 1.165) is 0 Å². The molecule has 1 saturated heterocycles. The molecule has 2 amide bonds. The maximum atomic E-state index is 12.6. The molecule has 0 radical (unpaired) electrons. The Labute approximate surface area is 159 Å². The molecule has 2 rings (SSSR count). The lowest BCUT2D eigenvalue weighted by molar-refractivity contribution is -0.143. The number of likely N-dealkylation sites (tertiary alicyclic amines) is 1. The average Bonchev–Trinajstić information content (AvgIpc) is 2.68. The maximum absolute atomic E-state index is 12.6. The molecule has 0 aromatic heterocycles. The lowest BCUT2D eigenvalue weighted by Gasteiger charge is -2.30. The van der Waals surface area contributed by atoms with E-state index >= 15 is 0 Å². The first-order chi connectivity index (χ1) is 13.0. The lowest BCUT2D eigenvalue weighted by Crippen LogP contribution is -2.40. The minimum absolute atomic E-state index is 0.107. The minimum atomic E-state index is -0.798. The van der Waals surface area contributed by atoms with E-state index in [1.165, 1.54) is 0 Å². The summed E-state index contributed by atoms with van der Waals surface area (Å²) in [4.78, 5) is 37.6. The number of aliphatic carboxylic acids is 1. The van der Waals surface area contributed by atoms with Crippen LogP contribution in [-0.2, 0) is 9.59 Å². The van der Waals surface area contributed by atoms with Gasteiger partial charge in [-0.25, -0.2) is 0 Å². The Morgan fingerprint density at radius 1 is 1.11 bits per heavy atom. The van der Waals surface area contributed by atoms with Crippen LogP contribution in [0.15, 0.2) is 49.6 Å². The summed E-state index contributed by atoms with van der Waals surface area (Å²) in [5.41, 5.74) is 1.15. The highest BCUT2D eigenvalue weighted by molar-refractivity contribution is 5.96. The molecule has 2 N–H and O–H groups in total. The summed E-state index contributed by atoms with van der Waals surface area (Å²) in [5.74, 6) is -1.60. The van der Waals surface area contributed by atoms with E-state index < -0.39 is 5.97 Å². The zero-order valence-corrected chi connectivity index (χ0v) is 15.4. The van der Waals surface area contributed by atoms with Crippen LogP contribution in [-0.4, -0.2) is 40.9 Å². The zero-order valence-electron chi connectivity index (χ0n) is 15.4. The third kappa shape index (κ3) is 5.54. The second kappa shape index (κ2) is 9.71. The van der Waals surface area contributed by atoms with Crippen LogP contribution in [0.25, 0.3) is 0 Å². The number of carbonyl (C=O) groups is 3. The maximum Gasteiger partial charge on any atom is 0.306 e. The van der Waals surface area contributed by atoms with Crippen LogP contribution in [0.4, 0.5) is 5.69 Å². The van der Waals surface area contributed by atoms with Crippen LogP contribution in [0, 0.1) is 11.8 Å². The summed E-state index contributed by atoms with van der Waals surface area (Å²) in [6.07, 6.45) is 5.51. The topological polar surface area (TPSA) is 86.7 Å². The lowest BCUT2D eigenvalue weighted by atomic mass is 9.96. The number of piperidine rings is 1. The number of hydrogen-bond donors (Lipinski definition) is 2. The fourth-order valence-electron chi connectivity index (χ4n) is 3.17. The molecule has 6 heteroatoms. The normalized spacial score (nSPS) is 14.6. The highest BCUT2D eigenvalue weighted by Gasteiger charge is 2.27. The summed E-state index contributed by atoms with van der Waals surface area (Å²) in [6, 6.07) is 6.76. The Morgan fingerprint density at radius 3 is 2.15 bits per heavy atom. The Bertz CT molecular complexity index is 693. The molecule has 1 aliphatic heterocycles. The number of allylic oxidation sites excluding steroid dienone is 2. The van der Waals surface area contributed by atoms with Gasteiger partial charge in [-0.15, -0.1) is 13.2 Å². The SMILES string of the molecule is C=CCC(CC=C)C(=O)Nc1ccc(C(=O)N2CCC(C(=O)O)CC2)cc1. The van der Waals surface area contributed by atoms with E-state index in [1.54, 1.807) is 41.3 Å². The largest absolute Gasteiger partial charge is 0.481 e. The fraction of sp³-hybridized carbons (Fsp3) is 0.381.